The van der Waals surface area contributed by atoms with E-state index in [4.69, 9.17) is 4.74 Å². The normalized spacial score (nSPS) is 21.9. The summed E-state index contributed by atoms with van der Waals surface area (Å²) in [5.41, 5.74) is 0.757. The Hall–Kier alpha value is -1.84. The van der Waals surface area contributed by atoms with Gasteiger partial charge in [0.1, 0.15) is 5.01 Å². The summed E-state index contributed by atoms with van der Waals surface area (Å²) in [7, 11) is 0. The zero-order chi connectivity index (χ0) is 16.4. The van der Waals surface area contributed by atoms with Crippen molar-refractivity contribution in [3.63, 3.8) is 0 Å². The lowest BCUT2D eigenvalue weighted by molar-refractivity contribution is -0.380. The highest BCUT2D eigenvalue weighted by atomic mass is 32.1. The molecule has 0 aromatic carbocycles. The molecule has 0 saturated carbocycles. The molecule has 9 heteroatoms. The monoisotopic (exact) mass is 352 g/mol. The van der Waals surface area contributed by atoms with Crippen LogP contribution in [0, 0.1) is 10.1 Å². The van der Waals surface area contributed by atoms with E-state index >= 15 is 0 Å². The van der Waals surface area contributed by atoms with Crippen molar-refractivity contribution in [3.8, 4) is 9.88 Å². The zero-order valence-electron chi connectivity index (χ0n) is 12.7. The molecule has 2 unspecified atom stereocenters. The number of hydrogen-bond acceptors (Lipinski definition) is 8. The minimum Gasteiger partial charge on any atom is -0.372 e. The lowest BCUT2D eigenvalue weighted by atomic mass is 10.3. The maximum Gasteiger partial charge on any atom is 0.324 e. The highest BCUT2D eigenvalue weighted by Crippen LogP contribution is 2.34. The molecule has 1 aliphatic rings. The molecule has 3 heterocycles. The van der Waals surface area contributed by atoms with E-state index in [9.17, 15) is 10.1 Å². The van der Waals surface area contributed by atoms with Crippen molar-refractivity contribution in [3.05, 3.63) is 33.3 Å². The van der Waals surface area contributed by atoms with Gasteiger partial charge in [-0.2, -0.15) is 5.10 Å². The van der Waals surface area contributed by atoms with Gasteiger partial charge < -0.3 is 4.74 Å². The molecule has 1 fully saturated rings. The van der Waals surface area contributed by atoms with E-state index < -0.39 is 0 Å². The van der Waals surface area contributed by atoms with E-state index in [-0.39, 0.29) is 22.1 Å². The van der Waals surface area contributed by atoms with Gasteiger partial charge in [0.15, 0.2) is 0 Å². The first kappa shape index (κ1) is 16.0. The van der Waals surface area contributed by atoms with Gasteiger partial charge in [0, 0.05) is 11.4 Å². The van der Waals surface area contributed by atoms with Crippen molar-refractivity contribution in [2.24, 2.45) is 5.10 Å². The predicted octanol–water partition coefficient (Wildman–Crippen LogP) is 3.22. The highest BCUT2D eigenvalue weighted by molar-refractivity contribution is 7.23. The third kappa shape index (κ3) is 3.92. The number of hydrogen-bond donors (Lipinski definition) is 0. The minimum absolute atomic E-state index is 0.127. The van der Waals surface area contributed by atoms with Crippen molar-refractivity contribution in [1.82, 2.24) is 9.99 Å². The molecule has 23 heavy (non-hydrogen) atoms. The van der Waals surface area contributed by atoms with Gasteiger partial charge in [-0.1, -0.05) is 11.3 Å². The van der Waals surface area contributed by atoms with Crippen LogP contribution >= 0.6 is 22.7 Å². The number of hydrazone groups is 1. The minimum atomic E-state index is -0.384. The van der Waals surface area contributed by atoms with Gasteiger partial charge in [-0.25, -0.2) is 4.98 Å². The van der Waals surface area contributed by atoms with Crippen LogP contribution in [0.5, 0.6) is 0 Å². The molecular formula is C14H16N4O3S2. The Morgan fingerprint density at radius 3 is 2.83 bits per heavy atom. The SMILES string of the molecule is CC1CN(/N=C/c2csc(-c3ccc([N+](=O)[O-])s3)n2)CC(C)O1. The number of nitro groups is 1. The van der Waals surface area contributed by atoms with Crippen LogP contribution in [0.3, 0.4) is 0 Å². The van der Waals surface area contributed by atoms with E-state index in [1.165, 1.54) is 17.4 Å². The van der Waals surface area contributed by atoms with Crippen molar-refractivity contribution >= 4 is 33.9 Å². The van der Waals surface area contributed by atoms with Crippen LogP contribution in [0.2, 0.25) is 0 Å². The summed E-state index contributed by atoms with van der Waals surface area (Å²) >= 11 is 2.59. The first-order chi connectivity index (χ1) is 11.0. The lowest BCUT2D eigenvalue weighted by Gasteiger charge is -2.33. The standard InChI is InChI=1S/C14H16N4O3S2/c1-9-6-17(7-10(2)21-9)15-5-11-8-22-14(16-11)12-3-4-13(23-12)18(19)20/h3-5,8-10H,6-7H2,1-2H3/b15-5+. The Morgan fingerprint density at radius 2 is 2.17 bits per heavy atom. The molecule has 0 bridgehead atoms. The zero-order valence-corrected chi connectivity index (χ0v) is 14.3. The second-order valence-corrected chi connectivity index (χ2v) is 7.27. The van der Waals surface area contributed by atoms with Crippen LogP contribution in [0.1, 0.15) is 19.5 Å². The number of rotatable bonds is 4. The van der Waals surface area contributed by atoms with Gasteiger partial charge in [-0.05, 0) is 19.9 Å². The Morgan fingerprint density at radius 1 is 1.43 bits per heavy atom. The van der Waals surface area contributed by atoms with Crippen LogP contribution in [-0.4, -0.2) is 46.4 Å². The molecule has 1 saturated heterocycles. The fourth-order valence-electron chi connectivity index (χ4n) is 2.39. The van der Waals surface area contributed by atoms with E-state index in [0.717, 1.165) is 40.0 Å². The lowest BCUT2D eigenvalue weighted by Crippen LogP contribution is -2.42. The third-order valence-corrected chi connectivity index (χ3v) is 5.32. The van der Waals surface area contributed by atoms with E-state index in [1.54, 1.807) is 12.3 Å². The highest BCUT2D eigenvalue weighted by Gasteiger charge is 2.20. The second kappa shape index (κ2) is 6.73. The number of nitrogens with zero attached hydrogens (tertiary/aromatic N) is 4. The maximum atomic E-state index is 10.7. The number of ether oxygens (including phenoxy) is 1. The van der Waals surface area contributed by atoms with Gasteiger partial charge in [0.25, 0.3) is 0 Å². The number of aromatic nitrogens is 1. The van der Waals surface area contributed by atoms with E-state index in [1.807, 2.05) is 24.2 Å². The smallest absolute Gasteiger partial charge is 0.324 e. The second-order valence-electron chi connectivity index (χ2n) is 5.35. The van der Waals surface area contributed by atoms with Crippen LogP contribution in [0.4, 0.5) is 5.00 Å². The number of morpholine rings is 1. The van der Waals surface area contributed by atoms with E-state index in [2.05, 4.69) is 10.1 Å². The molecule has 2 aromatic heterocycles. The molecule has 2 aromatic rings. The summed E-state index contributed by atoms with van der Waals surface area (Å²) < 4.78 is 5.67. The van der Waals surface area contributed by atoms with Gasteiger partial charge >= 0.3 is 5.00 Å². The van der Waals surface area contributed by atoms with Crippen molar-refractivity contribution < 1.29 is 9.66 Å². The summed E-state index contributed by atoms with van der Waals surface area (Å²) in [6, 6.07) is 3.24. The van der Waals surface area contributed by atoms with Crippen LogP contribution in [-0.2, 0) is 4.74 Å². The van der Waals surface area contributed by atoms with Crippen molar-refractivity contribution in [2.45, 2.75) is 26.1 Å². The fraction of sp³-hybridized carbons (Fsp3) is 0.429. The Kier molecular flexibility index (Phi) is 4.69. The largest absolute Gasteiger partial charge is 0.372 e. The topological polar surface area (TPSA) is 80.9 Å². The summed E-state index contributed by atoms with van der Waals surface area (Å²) in [6.45, 7) is 5.58. The average molecular weight is 352 g/mol. The Bertz CT molecular complexity index is 717. The van der Waals surface area contributed by atoms with Crippen LogP contribution in [0.25, 0.3) is 9.88 Å². The van der Waals surface area contributed by atoms with Gasteiger partial charge in [-0.3, -0.25) is 15.1 Å². The van der Waals surface area contributed by atoms with Crippen LogP contribution < -0.4 is 0 Å². The third-order valence-electron chi connectivity index (χ3n) is 3.26. The molecule has 0 aliphatic carbocycles. The van der Waals surface area contributed by atoms with Gasteiger partial charge in [0.2, 0.25) is 0 Å². The molecule has 1 aliphatic heterocycles. The first-order valence-corrected chi connectivity index (χ1v) is 8.85. The molecule has 0 spiro atoms. The summed E-state index contributed by atoms with van der Waals surface area (Å²) in [4.78, 5) is 15.6. The predicted molar refractivity (Wildman–Crippen MR) is 91.3 cm³/mol. The fourth-order valence-corrected chi connectivity index (χ4v) is 4.05. The quantitative estimate of drug-likeness (QED) is 0.479. The van der Waals surface area contributed by atoms with Crippen LogP contribution in [0.15, 0.2) is 22.6 Å². The first-order valence-electron chi connectivity index (χ1n) is 7.16. The Balaban J connectivity index is 1.69. The molecule has 122 valence electrons. The maximum absolute atomic E-state index is 10.7. The molecule has 2 atom stereocenters. The van der Waals surface area contributed by atoms with Crippen molar-refractivity contribution in [1.29, 1.82) is 0 Å². The summed E-state index contributed by atoms with van der Waals surface area (Å²) in [5.74, 6) is 0. The molecule has 0 amide bonds. The molecule has 0 N–H and O–H groups in total. The average Bonchev–Trinajstić information content (AvgIpc) is 3.13. The summed E-state index contributed by atoms with van der Waals surface area (Å²) in [6.07, 6.45) is 2.05. The number of thiophene rings is 1. The van der Waals surface area contributed by atoms with Gasteiger partial charge in [0.05, 0.1) is 47.0 Å². The summed E-state index contributed by atoms with van der Waals surface area (Å²) in [5, 5.41) is 20.0. The van der Waals surface area contributed by atoms with E-state index in [0.29, 0.717) is 0 Å². The molecule has 0 radical (unpaired) electrons. The van der Waals surface area contributed by atoms with Crippen molar-refractivity contribution in [2.75, 3.05) is 13.1 Å². The Labute approximate surface area is 141 Å². The molecule has 3 rings (SSSR count). The number of thiazole rings is 1. The van der Waals surface area contributed by atoms with Gasteiger partial charge in [-0.15, -0.1) is 11.3 Å². The molecular weight excluding hydrogens is 336 g/mol. The molecule has 7 nitrogen and oxygen atoms in total.